The second-order valence-electron chi connectivity index (χ2n) is 4.71. The highest BCUT2D eigenvalue weighted by atomic mass is 19.4. The molecule has 0 aliphatic rings. The van der Waals surface area contributed by atoms with Crippen molar-refractivity contribution in [3.63, 3.8) is 0 Å². The summed E-state index contributed by atoms with van der Waals surface area (Å²) in [7, 11) is 1.53. The molecular formula is C16H16F3NO. The van der Waals surface area contributed by atoms with Crippen molar-refractivity contribution >= 4 is 0 Å². The van der Waals surface area contributed by atoms with Gasteiger partial charge in [-0.3, -0.25) is 0 Å². The third kappa shape index (κ3) is 3.62. The average Bonchev–Trinajstić information content (AvgIpc) is 2.48. The van der Waals surface area contributed by atoms with Crippen molar-refractivity contribution in [1.29, 1.82) is 0 Å². The van der Waals surface area contributed by atoms with Crippen LogP contribution >= 0.6 is 0 Å². The monoisotopic (exact) mass is 295 g/mol. The Morgan fingerprint density at radius 2 is 1.48 bits per heavy atom. The van der Waals surface area contributed by atoms with Gasteiger partial charge in [0.2, 0.25) is 0 Å². The van der Waals surface area contributed by atoms with Gasteiger partial charge in [-0.1, -0.05) is 42.5 Å². The first-order valence-corrected chi connectivity index (χ1v) is 6.44. The average molecular weight is 295 g/mol. The van der Waals surface area contributed by atoms with Crippen molar-refractivity contribution in [3.8, 4) is 0 Å². The van der Waals surface area contributed by atoms with Crippen molar-refractivity contribution in [1.82, 2.24) is 0 Å². The second-order valence-corrected chi connectivity index (χ2v) is 4.71. The highest BCUT2D eigenvalue weighted by Gasteiger charge is 2.30. The van der Waals surface area contributed by atoms with Crippen LogP contribution in [0.1, 0.15) is 28.8 Å². The first kappa shape index (κ1) is 15.5. The van der Waals surface area contributed by atoms with Gasteiger partial charge < -0.3 is 10.5 Å². The smallest absolute Gasteiger partial charge is 0.375 e. The number of methoxy groups -OCH3 is 1. The summed E-state index contributed by atoms with van der Waals surface area (Å²) < 4.78 is 43.1. The van der Waals surface area contributed by atoms with Gasteiger partial charge in [-0.25, -0.2) is 0 Å². The van der Waals surface area contributed by atoms with Crippen LogP contribution in [-0.2, 0) is 10.9 Å². The zero-order chi connectivity index (χ0) is 15.5. The molecule has 0 fully saturated rings. The van der Waals surface area contributed by atoms with Gasteiger partial charge in [-0.05, 0) is 23.3 Å². The lowest BCUT2D eigenvalue weighted by Crippen LogP contribution is -2.21. The number of hydrogen-bond acceptors (Lipinski definition) is 2. The molecule has 2 rings (SSSR count). The van der Waals surface area contributed by atoms with Gasteiger partial charge in [0.15, 0.2) is 0 Å². The standard InChI is InChI=1S/C16H16F3NO/c1-21-15(12-5-3-2-4-6-12)14(20)11-7-9-13(10-8-11)16(17,18)19/h2-10,14-15H,20H2,1H3. The van der Waals surface area contributed by atoms with Crippen LogP contribution in [0.4, 0.5) is 13.2 Å². The van der Waals surface area contributed by atoms with Crippen LogP contribution in [0.2, 0.25) is 0 Å². The largest absolute Gasteiger partial charge is 0.416 e. The molecule has 2 aromatic rings. The van der Waals surface area contributed by atoms with E-state index >= 15 is 0 Å². The minimum Gasteiger partial charge on any atom is -0.375 e. The Bertz CT molecular complexity index is 566. The first-order valence-electron chi connectivity index (χ1n) is 6.44. The topological polar surface area (TPSA) is 35.2 Å². The molecule has 0 spiro atoms. The number of nitrogens with two attached hydrogens (primary N) is 1. The number of ether oxygens (including phenoxy) is 1. The minimum absolute atomic E-state index is 0.414. The number of benzene rings is 2. The van der Waals surface area contributed by atoms with Crippen molar-refractivity contribution in [2.24, 2.45) is 5.73 Å². The van der Waals surface area contributed by atoms with E-state index in [1.807, 2.05) is 30.3 Å². The van der Waals surface area contributed by atoms with Gasteiger partial charge in [0.25, 0.3) is 0 Å². The summed E-state index contributed by atoms with van der Waals surface area (Å²) in [6.07, 6.45) is -4.76. The number of halogens is 3. The Kier molecular flexibility index (Phi) is 4.65. The van der Waals surface area contributed by atoms with Gasteiger partial charge in [0.05, 0.1) is 11.6 Å². The van der Waals surface area contributed by atoms with E-state index in [9.17, 15) is 13.2 Å². The fourth-order valence-electron chi connectivity index (χ4n) is 2.20. The van der Waals surface area contributed by atoms with Crippen molar-refractivity contribution < 1.29 is 17.9 Å². The van der Waals surface area contributed by atoms with E-state index in [2.05, 4.69) is 0 Å². The number of rotatable bonds is 4. The summed E-state index contributed by atoms with van der Waals surface area (Å²) in [5.41, 5.74) is 6.92. The molecule has 0 aliphatic carbocycles. The van der Waals surface area contributed by atoms with Gasteiger partial charge in [0.1, 0.15) is 6.10 Å². The SMILES string of the molecule is COC(c1ccccc1)C(N)c1ccc(C(F)(F)F)cc1. The molecule has 21 heavy (non-hydrogen) atoms. The van der Waals surface area contributed by atoms with Crippen LogP contribution < -0.4 is 5.73 Å². The van der Waals surface area contributed by atoms with Gasteiger partial charge in [-0.2, -0.15) is 13.2 Å². The summed E-state index contributed by atoms with van der Waals surface area (Å²) in [6.45, 7) is 0. The van der Waals surface area contributed by atoms with Crippen LogP contribution in [0.25, 0.3) is 0 Å². The zero-order valence-electron chi connectivity index (χ0n) is 11.5. The molecule has 2 N–H and O–H groups in total. The molecule has 0 aromatic heterocycles. The quantitative estimate of drug-likeness (QED) is 0.922. The molecule has 0 amide bonds. The first-order chi connectivity index (χ1) is 9.93. The normalized spacial score (nSPS) is 14.7. The number of alkyl halides is 3. The Labute approximate surface area is 121 Å². The Morgan fingerprint density at radius 1 is 0.905 bits per heavy atom. The van der Waals surface area contributed by atoms with E-state index in [0.29, 0.717) is 5.56 Å². The third-order valence-electron chi connectivity index (χ3n) is 3.33. The van der Waals surface area contributed by atoms with E-state index < -0.39 is 23.9 Å². The summed E-state index contributed by atoms with van der Waals surface area (Å²) in [5.74, 6) is 0. The van der Waals surface area contributed by atoms with Crippen molar-refractivity contribution in [2.75, 3.05) is 7.11 Å². The molecule has 0 bridgehead atoms. The van der Waals surface area contributed by atoms with Gasteiger partial charge in [-0.15, -0.1) is 0 Å². The fourth-order valence-corrected chi connectivity index (χ4v) is 2.20. The maximum atomic E-state index is 12.6. The Balaban J connectivity index is 2.24. The van der Waals surface area contributed by atoms with E-state index in [4.69, 9.17) is 10.5 Å². The lowest BCUT2D eigenvalue weighted by atomic mass is 9.95. The molecule has 2 nitrogen and oxygen atoms in total. The van der Waals surface area contributed by atoms with Gasteiger partial charge >= 0.3 is 6.18 Å². The van der Waals surface area contributed by atoms with Crippen LogP contribution in [0, 0.1) is 0 Å². The van der Waals surface area contributed by atoms with E-state index in [1.54, 1.807) is 0 Å². The Hall–Kier alpha value is -1.85. The second kappa shape index (κ2) is 6.28. The van der Waals surface area contributed by atoms with Crippen LogP contribution in [0.15, 0.2) is 54.6 Å². The lowest BCUT2D eigenvalue weighted by molar-refractivity contribution is -0.137. The van der Waals surface area contributed by atoms with Crippen LogP contribution in [0.3, 0.4) is 0 Å². The van der Waals surface area contributed by atoms with Crippen LogP contribution in [-0.4, -0.2) is 7.11 Å². The third-order valence-corrected chi connectivity index (χ3v) is 3.33. The molecule has 112 valence electrons. The summed E-state index contributed by atoms with van der Waals surface area (Å²) >= 11 is 0. The molecule has 0 radical (unpaired) electrons. The summed E-state index contributed by atoms with van der Waals surface area (Å²) in [4.78, 5) is 0. The predicted octanol–water partition coefficient (Wildman–Crippen LogP) is 4.09. The molecule has 2 atom stereocenters. The summed E-state index contributed by atoms with van der Waals surface area (Å²) in [5, 5.41) is 0. The van der Waals surface area contributed by atoms with Crippen molar-refractivity contribution in [3.05, 3.63) is 71.3 Å². The van der Waals surface area contributed by atoms with E-state index in [1.165, 1.54) is 19.2 Å². The summed E-state index contributed by atoms with van der Waals surface area (Å²) in [6, 6.07) is 13.7. The molecular weight excluding hydrogens is 279 g/mol. The molecule has 2 aromatic carbocycles. The van der Waals surface area contributed by atoms with Crippen molar-refractivity contribution in [2.45, 2.75) is 18.3 Å². The minimum atomic E-state index is -4.34. The predicted molar refractivity (Wildman–Crippen MR) is 74.6 cm³/mol. The Morgan fingerprint density at radius 3 is 1.95 bits per heavy atom. The molecule has 0 saturated carbocycles. The van der Waals surface area contributed by atoms with E-state index in [-0.39, 0.29) is 0 Å². The molecule has 2 unspecified atom stereocenters. The molecule has 0 aliphatic heterocycles. The molecule has 0 heterocycles. The maximum Gasteiger partial charge on any atom is 0.416 e. The highest BCUT2D eigenvalue weighted by Crippen LogP contribution is 2.33. The maximum absolute atomic E-state index is 12.6. The zero-order valence-corrected chi connectivity index (χ0v) is 11.5. The van der Waals surface area contributed by atoms with E-state index in [0.717, 1.165) is 17.7 Å². The molecule has 5 heteroatoms. The van der Waals surface area contributed by atoms with Crippen LogP contribution in [0.5, 0.6) is 0 Å². The van der Waals surface area contributed by atoms with Gasteiger partial charge in [0, 0.05) is 7.11 Å². The lowest BCUT2D eigenvalue weighted by Gasteiger charge is -2.23. The fraction of sp³-hybridized carbons (Fsp3) is 0.250. The molecule has 0 saturated heterocycles. The highest BCUT2D eigenvalue weighted by molar-refractivity contribution is 5.30. The number of hydrogen-bond donors (Lipinski definition) is 1.